The standard InChI is InChI=1S/C10H5ClN2O/c11-8-3-1-2-6-4-7(5-12)10(14)13-9(6)8/h1-4H,(H,13,14). The summed E-state index contributed by atoms with van der Waals surface area (Å²) in [5, 5.41) is 9.88. The van der Waals surface area contributed by atoms with Crippen LogP contribution in [0.3, 0.4) is 0 Å². The first-order chi connectivity index (χ1) is 6.72. The Balaban J connectivity index is 2.95. The lowest BCUT2D eigenvalue weighted by Gasteiger charge is -1.99. The summed E-state index contributed by atoms with van der Waals surface area (Å²) in [6, 6.07) is 8.59. The molecule has 0 aliphatic rings. The van der Waals surface area contributed by atoms with Gasteiger partial charge in [-0.1, -0.05) is 23.7 Å². The molecule has 2 aromatic rings. The molecule has 0 radical (unpaired) electrons. The second-order valence-electron chi connectivity index (χ2n) is 2.83. The predicted octanol–water partition coefficient (Wildman–Crippen LogP) is 2.05. The van der Waals surface area contributed by atoms with Gasteiger partial charge >= 0.3 is 0 Å². The first kappa shape index (κ1) is 8.79. The van der Waals surface area contributed by atoms with Crippen molar-refractivity contribution in [2.45, 2.75) is 0 Å². The number of nitrogens with zero attached hydrogens (tertiary/aromatic N) is 1. The van der Waals surface area contributed by atoms with Gasteiger partial charge in [-0.05, 0) is 12.1 Å². The number of rotatable bonds is 0. The molecule has 1 heterocycles. The van der Waals surface area contributed by atoms with Crippen LogP contribution in [0, 0.1) is 11.3 Å². The Labute approximate surface area is 84.6 Å². The molecule has 0 fully saturated rings. The maximum absolute atomic E-state index is 11.3. The molecule has 0 unspecified atom stereocenters. The van der Waals surface area contributed by atoms with Gasteiger partial charge in [0.2, 0.25) is 0 Å². The monoisotopic (exact) mass is 204 g/mol. The summed E-state index contributed by atoms with van der Waals surface area (Å²) < 4.78 is 0. The van der Waals surface area contributed by atoms with Crippen molar-refractivity contribution >= 4 is 22.5 Å². The van der Waals surface area contributed by atoms with Gasteiger partial charge in [0.1, 0.15) is 11.6 Å². The Hall–Kier alpha value is -1.79. The third-order valence-electron chi connectivity index (χ3n) is 1.95. The zero-order chi connectivity index (χ0) is 10.1. The SMILES string of the molecule is N#Cc1cc2cccc(Cl)c2[nH]c1=O. The van der Waals surface area contributed by atoms with Crippen molar-refractivity contribution in [1.82, 2.24) is 4.98 Å². The maximum Gasteiger partial charge on any atom is 0.266 e. The zero-order valence-electron chi connectivity index (χ0n) is 7.04. The largest absolute Gasteiger partial charge is 0.320 e. The molecule has 1 aromatic carbocycles. The number of pyridine rings is 1. The van der Waals surface area contributed by atoms with Gasteiger partial charge in [0.25, 0.3) is 5.56 Å². The predicted molar refractivity (Wildman–Crippen MR) is 54.3 cm³/mol. The minimum atomic E-state index is -0.409. The van der Waals surface area contributed by atoms with Crippen molar-refractivity contribution in [2.24, 2.45) is 0 Å². The average Bonchev–Trinajstić information content (AvgIpc) is 2.19. The second kappa shape index (κ2) is 3.17. The number of halogens is 1. The smallest absolute Gasteiger partial charge is 0.266 e. The lowest BCUT2D eigenvalue weighted by molar-refractivity contribution is 1.27. The fourth-order valence-electron chi connectivity index (χ4n) is 1.28. The van der Waals surface area contributed by atoms with E-state index in [1.54, 1.807) is 18.2 Å². The molecule has 0 aliphatic carbocycles. The molecular formula is C10H5ClN2O. The zero-order valence-corrected chi connectivity index (χ0v) is 7.80. The summed E-state index contributed by atoms with van der Waals surface area (Å²) in [6.07, 6.45) is 0. The molecule has 68 valence electrons. The molecule has 0 spiro atoms. The van der Waals surface area contributed by atoms with E-state index in [9.17, 15) is 4.79 Å². The van der Waals surface area contributed by atoms with Crippen molar-refractivity contribution in [3.05, 3.63) is 45.2 Å². The van der Waals surface area contributed by atoms with Gasteiger partial charge in [-0.3, -0.25) is 4.79 Å². The molecule has 0 atom stereocenters. The quantitative estimate of drug-likeness (QED) is 0.714. The van der Waals surface area contributed by atoms with E-state index in [-0.39, 0.29) is 5.56 Å². The van der Waals surface area contributed by atoms with Gasteiger partial charge in [0.15, 0.2) is 0 Å². The lowest BCUT2D eigenvalue weighted by atomic mass is 10.2. The van der Waals surface area contributed by atoms with Crippen molar-refractivity contribution in [3.63, 3.8) is 0 Å². The molecule has 3 nitrogen and oxygen atoms in total. The molecule has 0 saturated heterocycles. The van der Waals surface area contributed by atoms with Crippen LogP contribution >= 0.6 is 11.6 Å². The number of fused-ring (bicyclic) bond motifs is 1. The molecule has 14 heavy (non-hydrogen) atoms. The van der Waals surface area contributed by atoms with Crippen molar-refractivity contribution in [1.29, 1.82) is 5.26 Å². The molecule has 0 bridgehead atoms. The van der Waals surface area contributed by atoms with Crippen LogP contribution in [0.15, 0.2) is 29.1 Å². The molecule has 1 aromatic heterocycles. The van der Waals surface area contributed by atoms with Crippen LogP contribution < -0.4 is 5.56 Å². The number of aromatic amines is 1. The van der Waals surface area contributed by atoms with E-state index >= 15 is 0 Å². The van der Waals surface area contributed by atoms with Crippen molar-refractivity contribution in [3.8, 4) is 6.07 Å². The Morgan fingerprint density at radius 1 is 1.43 bits per heavy atom. The number of para-hydroxylation sites is 1. The number of hydrogen-bond acceptors (Lipinski definition) is 2. The highest BCUT2D eigenvalue weighted by Crippen LogP contribution is 2.19. The fraction of sp³-hybridized carbons (Fsp3) is 0. The summed E-state index contributed by atoms with van der Waals surface area (Å²) in [7, 11) is 0. The summed E-state index contributed by atoms with van der Waals surface area (Å²) >= 11 is 5.87. The fourth-order valence-corrected chi connectivity index (χ4v) is 1.51. The normalized spacial score (nSPS) is 10.0. The second-order valence-corrected chi connectivity index (χ2v) is 3.24. The first-order valence-corrected chi connectivity index (χ1v) is 4.32. The van der Waals surface area contributed by atoms with E-state index < -0.39 is 5.56 Å². The summed E-state index contributed by atoms with van der Waals surface area (Å²) in [5.74, 6) is 0. The molecule has 4 heteroatoms. The van der Waals surface area contributed by atoms with Gasteiger partial charge in [-0.2, -0.15) is 5.26 Å². The number of benzene rings is 1. The summed E-state index contributed by atoms with van der Waals surface area (Å²) in [4.78, 5) is 13.8. The van der Waals surface area contributed by atoms with E-state index in [0.717, 1.165) is 5.39 Å². The van der Waals surface area contributed by atoms with Crippen molar-refractivity contribution < 1.29 is 0 Å². The van der Waals surface area contributed by atoms with Crippen LogP contribution in [-0.4, -0.2) is 4.98 Å². The number of H-pyrrole nitrogens is 1. The molecule has 0 amide bonds. The van der Waals surface area contributed by atoms with Crippen LogP contribution in [0.25, 0.3) is 10.9 Å². The maximum atomic E-state index is 11.3. The molecule has 1 N–H and O–H groups in total. The topological polar surface area (TPSA) is 56.6 Å². The van der Waals surface area contributed by atoms with Gasteiger partial charge in [0.05, 0.1) is 10.5 Å². The molecule has 0 aliphatic heterocycles. The van der Waals surface area contributed by atoms with Gasteiger partial charge in [0, 0.05) is 5.39 Å². The van der Waals surface area contributed by atoms with E-state index in [1.165, 1.54) is 6.07 Å². The summed E-state index contributed by atoms with van der Waals surface area (Å²) in [6.45, 7) is 0. The first-order valence-electron chi connectivity index (χ1n) is 3.94. The van der Waals surface area contributed by atoms with Crippen molar-refractivity contribution in [2.75, 3.05) is 0 Å². The summed E-state index contributed by atoms with van der Waals surface area (Å²) in [5.41, 5.74) is 0.256. The Bertz CT molecular complexity index is 595. The Morgan fingerprint density at radius 3 is 2.93 bits per heavy atom. The number of hydrogen-bond donors (Lipinski definition) is 1. The number of nitriles is 1. The number of aromatic nitrogens is 1. The van der Waals surface area contributed by atoms with Crippen LogP contribution in [0.4, 0.5) is 0 Å². The van der Waals surface area contributed by atoms with Gasteiger partial charge in [-0.25, -0.2) is 0 Å². The van der Waals surface area contributed by atoms with Gasteiger partial charge < -0.3 is 4.98 Å². The minimum Gasteiger partial charge on any atom is -0.320 e. The highest BCUT2D eigenvalue weighted by molar-refractivity contribution is 6.35. The molecule has 0 saturated carbocycles. The highest BCUT2D eigenvalue weighted by Gasteiger charge is 2.03. The highest BCUT2D eigenvalue weighted by atomic mass is 35.5. The van der Waals surface area contributed by atoms with Crippen LogP contribution in [0.5, 0.6) is 0 Å². The van der Waals surface area contributed by atoms with Crippen LogP contribution in [0.2, 0.25) is 5.02 Å². The Morgan fingerprint density at radius 2 is 2.21 bits per heavy atom. The minimum absolute atomic E-state index is 0.0970. The Kier molecular flexibility index (Phi) is 1.99. The lowest BCUT2D eigenvalue weighted by Crippen LogP contribution is -2.09. The average molecular weight is 205 g/mol. The third-order valence-corrected chi connectivity index (χ3v) is 2.26. The van der Waals surface area contributed by atoms with E-state index in [1.807, 2.05) is 6.07 Å². The van der Waals surface area contributed by atoms with E-state index in [2.05, 4.69) is 4.98 Å². The van der Waals surface area contributed by atoms with Crippen LogP contribution in [-0.2, 0) is 0 Å². The van der Waals surface area contributed by atoms with Crippen LogP contribution in [0.1, 0.15) is 5.56 Å². The van der Waals surface area contributed by atoms with E-state index in [0.29, 0.717) is 10.5 Å². The molecule has 2 rings (SSSR count). The number of nitrogens with one attached hydrogen (secondary N) is 1. The third kappa shape index (κ3) is 1.26. The van der Waals surface area contributed by atoms with Gasteiger partial charge in [-0.15, -0.1) is 0 Å². The van der Waals surface area contributed by atoms with E-state index in [4.69, 9.17) is 16.9 Å². The molecular weight excluding hydrogens is 200 g/mol.